The molecule has 0 saturated heterocycles. The number of nitrogens with zero attached hydrogens (tertiary/aromatic N) is 1. The molecular weight excluding hydrogens is 222 g/mol. The number of hydrogen-bond donors (Lipinski definition) is 0. The molecular formula is C9H8ClNO2S. The number of rotatable bonds is 4. The predicted octanol–water partition coefficient (Wildman–Crippen LogP) is 3.53. The highest BCUT2D eigenvalue weighted by Crippen LogP contribution is 2.34. The summed E-state index contributed by atoms with van der Waals surface area (Å²) in [4.78, 5) is 10.8. The van der Waals surface area contributed by atoms with Gasteiger partial charge in [-0.05, 0) is 12.1 Å². The lowest BCUT2D eigenvalue weighted by molar-refractivity contribution is -0.387. The molecule has 0 amide bonds. The molecule has 5 heteroatoms. The Hall–Kier alpha value is -1.00. The van der Waals surface area contributed by atoms with Gasteiger partial charge in [0.05, 0.1) is 9.82 Å². The van der Waals surface area contributed by atoms with Crippen molar-refractivity contribution in [2.75, 3.05) is 5.75 Å². The lowest BCUT2D eigenvalue weighted by Crippen LogP contribution is -1.91. The van der Waals surface area contributed by atoms with Crippen LogP contribution in [0.15, 0.2) is 35.7 Å². The number of para-hydroxylation sites is 1. The summed E-state index contributed by atoms with van der Waals surface area (Å²) < 4.78 is 0. The highest BCUT2D eigenvalue weighted by atomic mass is 35.5. The van der Waals surface area contributed by atoms with E-state index >= 15 is 0 Å². The van der Waals surface area contributed by atoms with E-state index in [2.05, 4.69) is 6.58 Å². The van der Waals surface area contributed by atoms with Crippen LogP contribution in [0.5, 0.6) is 0 Å². The van der Waals surface area contributed by atoms with Crippen LogP contribution in [0.3, 0.4) is 0 Å². The lowest BCUT2D eigenvalue weighted by Gasteiger charge is -2.01. The molecule has 0 heterocycles. The first-order chi connectivity index (χ1) is 6.66. The van der Waals surface area contributed by atoms with E-state index in [9.17, 15) is 10.1 Å². The van der Waals surface area contributed by atoms with Gasteiger partial charge in [-0.3, -0.25) is 10.1 Å². The molecule has 0 aromatic heterocycles. The van der Waals surface area contributed by atoms with E-state index in [1.807, 2.05) is 0 Å². The van der Waals surface area contributed by atoms with E-state index in [1.54, 1.807) is 18.2 Å². The second kappa shape index (κ2) is 5.02. The normalized spacial score (nSPS) is 9.79. The number of thioether (sulfide) groups is 1. The van der Waals surface area contributed by atoms with Crippen molar-refractivity contribution >= 4 is 29.1 Å². The summed E-state index contributed by atoms with van der Waals surface area (Å²) in [6.07, 6.45) is 1.69. The van der Waals surface area contributed by atoms with Crippen molar-refractivity contribution in [1.29, 1.82) is 0 Å². The average molecular weight is 230 g/mol. The van der Waals surface area contributed by atoms with Crippen molar-refractivity contribution < 1.29 is 4.92 Å². The van der Waals surface area contributed by atoms with Crippen LogP contribution in [0.1, 0.15) is 0 Å². The SMILES string of the molecule is C=CCSc1cccc(Cl)c1[N+](=O)[O-]. The van der Waals surface area contributed by atoms with E-state index in [0.29, 0.717) is 10.6 Å². The molecule has 0 aliphatic heterocycles. The van der Waals surface area contributed by atoms with Crippen LogP contribution >= 0.6 is 23.4 Å². The molecule has 1 aromatic rings. The van der Waals surface area contributed by atoms with E-state index in [0.717, 1.165) is 0 Å². The molecule has 3 nitrogen and oxygen atoms in total. The first kappa shape index (κ1) is 11.1. The quantitative estimate of drug-likeness (QED) is 0.343. The standard InChI is InChI=1S/C9H8ClNO2S/c1-2-6-14-8-5-3-4-7(10)9(8)11(12)13/h2-5H,1,6H2. The van der Waals surface area contributed by atoms with E-state index in [1.165, 1.54) is 17.8 Å². The molecule has 0 N–H and O–H groups in total. The van der Waals surface area contributed by atoms with Gasteiger partial charge in [-0.15, -0.1) is 18.3 Å². The molecule has 74 valence electrons. The second-order valence-electron chi connectivity index (χ2n) is 2.44. The topological polar surface area (TPSA) is 43.1 Å². The summed E-state index contributed by atoms with van der Waals surface area (Å²) in [5, 5.41) is 10.9. The molecule has 0 aliphatic carbocycles. The molecule has 0 aliphatic rings. The fourth-order valence-corrected chi connectivity index (χ4v) is 2.03. The zero-order valence-corrected chi connectivity index (χ0v) is 8.85. The third-order valence-corrected chi connectivity index (χ3v) is 2.84. The van der Waals surface area contributed by atoms with Crippen molar-refractivity contribution in [3.63, 3.8) is 0 Å². The maximum absolute atomic E-state index is 10.7. The molecule has 0 unspecified atom stereocenters. The fourth-order valence-electron chi connectivity index (χ4n) is 0.938. The van der Waals surface area contributed by atoms with Crippen LogP contribution in [-0.4, -0.2) is 10.7 Å². The Kier molecular flexibility index (Phi) is 3.98. The fraction of sp³-hybridized carbons (Fsp3) is 0.111. The van der Waals surface area contributed by atoms with Crippen LogP contribution < -0.4 is 0 Å². The van der Waals surface area contributed by atoms with E-state index < -0.39 is 4.92 Å². The number of benzene rings is 1. The van der Waals surface area contributed by atoms with Gasteiger partial charge in [-0.25, -0.2) is 0 Å². The number of halogens is 1. The van der Waals surface area contributed by atoms with Crippen LogP contribution in [0, 0.1) is 10.1 Å². The summed E-state index contributed by atoms with van der Waals surface area (Å²) in [6, 6.07) is 4.89. The molecule has 14 heavy (non-hydrogen) atoms. The number of hydrogen-bond acceptors (Lipinski definition) is 3. The van der Waals surface area contributed by atoms with Gasteiger partial charge in [0.25, 0.3) is 0 Å². The lowest BCUT2D eigenvalue weighted by atomic mass is 10.3. The van der Waals surface area contributed by atoms with E-state index in [4.69, 9.17) is 11.6 Å². The van der Waals surface area contributed by atoms with Crippen molar-refractivity contribution in [3.05, 3.63) is 46.0 Å². The maximum atomic E-state index is 10.7. The van der Waals surface area contributed by atoms with Gasteiger partial charge >= 0.3 is 5.69 Å². The largest absolute Gasteiger partial charge is 0.301 e. The minimum Gasteiger partial charge on any atom is -0.258 e. The Labute approximate surface area is 90.9 Å². The molecule has 1 rings (SSSR count). The highest BCUT2D eigenvalue weighted by Gasteiger charge is 2.17. The summed E-state index contributed by atoms with van der Waals surface area (Å²) in [5.41, 5.74) is -0.0268. The predicted molar refractivity (Wildman–Crippen MR) is 59.0 cm³/mol. The second-order valence-corrected chi connectivity index (χ2v) is 3.91. The molecule has 0 bridgehead atoms. The smallest absolute Gasteiger partial charge is 0.258 e. The summed E-state index contributed by atoms with van der Waals surface area (Å²) in [6.45, 7) is 3.55. The minimum atomic E-state index is -0.465. The van der Waals surface area contributed by atoms with Crippen molar-refractivity contribution in [2.45, 2.75) is 4.90 Å². The number of nitro groups is 1. The van der Waals surface area contributed by atoms with E-state index in [-0.39, 0.29) is 10.7 Å². The highest BCUT2D eigenvalue weighted by molar-refractivity contribution is 7.99. The van der Waals surface area contributed by atoms with Crippen molar-refractivity contribution in [3.8, 4) is 0 Å². The minimum absolute atomic E-state index is 0.0268. The third-order valence-electron chi connectivity index (χ3n) is 1.49. The van der Waals surface area contributed by atoms with Crippen LogP contribution in [0.2, 0.25) is 5.02 Å². The Morgan fingerprint density at radius 1 is 1.64 bits per heavy atom. The molecule has 0 spiro atoms. The van der Waals surface area contributed by atoms with Gasteiger partial charge in [-0.1, -0.05) is 23.7 Å². The summed E-state index contributed by atoms with van der Waals surface area (Å²) >= 11 is 7.07. The summed E-state index contributed by atoms with van der Waals surface area (Å²) in [5.74, 6) is 0.626. The number of nitro benzene ring substituents is 1. The zero-order chi connectivity index (χ0) is 10.6. The summed E-state index contributed by atoms with van der Waals surface area (Å²) in [7, 11) is 0. The maximum Gasteiger partial charge on any atom is 0.301 e. The zero-order valence-electron chi connectivity index (χ0n) is 7.27. The van der Waals surface area contributed by atoms with Crippen LogP contribution in [-0.2, 0) is 0 Å². The molecule has 0 atom stereocenters. The molecule has 0 saturated carbocycles. The van der Waals surface area contributed by atoms with Gasteiger partial charge in [-0.2, -0.15) is 0 Å². The van der Waals surface area contributed by atoms with Gasteiger partial charge in [0.15, 0.2) is 0 Å². The average Bonchev–Trinajstić information content (AvgIpc) is 2.14. The van der Waals surface area contributed by atoms with Crippen molar-refractivity contribution in [1.82, 2.24) is 0 Å². The molecule has 0 radical (unpaired) electrons. The monoisotopic (exact) mass is 229 g/mol. The van der Waals surface area contributed by atoms with Crippen molar-refractivity contribution in [2.24, 2.45) is 0 Å². The van der Waals surface area contributed by atoms with Gasteiger partial charge in [0.1, 0.15) is 5.02 Å². The molecule has 1 aromatic carbocycles. The Morgan fingerprint density at radius 2 is 2.36 bits per heavy atom. The first-order valence-electron chi connectivity index (χ1n) is 3.83. The van der Waals surface area contributed by atoms with Gasteiger partial charge in [0, 0.05) is 5.75 Å². The Bertz CT molecular complexity index is 368. The van der Waals surface area contributed by atoms with Gasteiger partial charge in [0.2, 0.25) is 0 Å². The van der Waals surface area contributed by atoms with Crippen LogP contribution in [0.25, 0.3) is 0 Å². The van der Waals surface area contributed by atoms with Gasteiger partial charge < -0.3 is 0 Å². The Morgan fingerprint density at radius 3 is 2.93 bits per heavy atom. The van der Waals surface area contributed by atoms with Crippen LogP contribution in [0.4, 0.5) is 5.69 Å². The first-order valence-corrected chi connectivity index (χ1v) is 5.19. The molecule has 0 fully saturated rings. The Balaban J connectivity index is 3.07. The third kappa shape index (κ3) is 2.49.